The molecule has 0 aliphatic heterocycles. The second-order valence-electron chi connectivity index (χ2n) is 5.57. The Labute approximate surface area is 136 Å². The lowest BCUT2D eigenvalue weighted by Crippen LogP contribution is -2.38. The van der Waals surface area contributed by atoms with E-state index in [0.29, 0.717) is 18.7 Å². The number of aryl methyl sites for hydroxylation is 1. The molecule has 0 spiro atoms. The Balaban J connectivity index is 2.01. The molecule has 1 amide bonds. The van der Waals surface area contributed by atoms with Gasteiger partial charge < -0.3 is 9.88 Å². The standard InChI is InChI=1S/C17H23FN4O/c1-4-15-19-9-11-22(15)12-10-20-17(23)16(21(2)3)13-7-5-6-8-14(13)18/h5-9,11,16H,4,10,12H2,1-3H3,(H,20,23). The first-order chi connectivity index (χ1) is 11.0. The Kier molecular flexibility index (Phi) is 5.87. The molecule has 1 N–H and O–H groups in total. The molecule has 0 aliphatic carbocycles. The first-order valence-corrected chi connectivity index (χ1v) is 7.73. The zero-order valence-electron chi connectivity index (χ0n) is 13.8. The highest BCUT2D eigenvalue weighted by Crippen LogP contribution is 2.21. The third-order valence-electron chi connectivity index (χ3n) is 3.73. The van der Waals surface area contributed by atoms with Crippen molar-refractivity contribution in [3.05, 3.63) is 53.9 Å². The van der Waals surface area contributed by atoms with E-state index < -0.39 is 6.04 Å². The van der Waals surface area contributed by atoms with Crippen LogP contribution in [0.4, 0.5) is 4.39 Å². The van der Waals surface area contributed by atoms with E-state index in [0.717, 1.165) is 12.2 Å². The summed E-state index contributed by atoms with van der Waals surface area (Å²) in [5, 5.41) is 2.88. The number of amides is 1. The molecule has 0 fully saturated rings. The lowest BCUT2D eigenvalue weighted by atomic mass is 10.0. The van der Waals surface area contributed by atoms with E-state index in [9.17, 15) is 9.18 Å². The van der Waals surface area contributed by atoms with Gasteiger partial charge in [-0.15, -0.1) is 0 Å². The molecule has 0 bridgehead atoms. The van der Waals surface area contributed by atoms with Gasteiger partial charge in [-0.25, -0.2) is 9.37 Å². The number of benzene rings is 1. The number of hydrogen-bond acceptors (Lipinski definition) is 3. The van der Waals surface area contributed by atoms with Crippen LogP contribution in [0.15, 0.2) is 36.7 Å². The van der Waals surface area contributed by atoms with E-state index >= 15 is 0 Å². The van der Waals surface area contributed by atoms with Gasteiger partial charge in [-0.1, -0.05) is 25.1 Å². The molecule has 23 heavy (non-hydrogen) atoms. The third kappa shape index (κ3) is 4.16. The Hall–Kier alpha value is -2.21. The molecule has 124 valence electrons. The summed E-state index contributed by atoms with van der Waals surface area (Å²) in [4.78, 5) is 18.4. The normalized spacial score (nSPS) is 12.4. The first-order valence-electron chi connectivity index (χ1n) is 7.73. The number of nitrogens with one attached hydrogen (secondary N) is 1. The van der Waals surface area contributed by atoms with Gasteiger partial charge in [0.15, 0.2) is 0 Å². The molecule has 6 heteroatoms. The Bertz CT molecular complexity index is 654. The van der Waals surface area contributed by atoms with Crippen molar-refractivity contribution in [1.29, 1.82) is 0 Å². The van der Waals surface area contributed by atoms with Gasteiger partial charge in [-0.3, -0.25) is 9.69 Å². The maximum atomic E-state index is 14.0. The zero-order chi connectivity index (χ0) is 16.8. The summed E-state index contributed by atoms with van der Waals surface area (Å²) in [7, 11) is 3.53. The number of imidazole rings is 1. The second kappa shape index (κ2) is 7.87. The summed E-state index contributed by atoms with van der Waals surface area (Å²) >= 11 is 0. The van der Waals surface area contributed by atoms with E-state index in [4.69, 9.17) is 0 Å². The smallest absolute Gasteiger partial charge is 0.242 e. The molecule has 1 atom stereocenters. The monoisotopic (exact) mass is 318 g/mol. The van der Waals surface area contributed by atoms with Crippen LogP contribution in [-0.2, 0) is 17.8 Å². The van der Waals surface area contributed by atoms with E-state index in [-0.39, 0.29) is 11.7 Å². The molecule has 1 aromatic heterocycles. The molecule has 0 saturated carbocycles. The van der Waals surface area contributed by atoms with E-state index in [1.165, 1.54) is 6.07 Å². The maximum absolute atomic E-state index is 14.0. The van der Waals surface area contributed by atoms with Gasteiger partial charge >= 0.3 is 0 Å². The molecular formula is C17H23FN4O. The number of nitrogens with zero attached hydrogens (tertiary/aromatic N) is 3. The van der Waals surface area contributed by atoms with Gasteiger partial charge in [-0.2, -0.15) is 0 Å². The average molecular weight is 318 g/mol. The molecule has 0 radical (unpaired) electrons. The van der Waals surface area contributed by atoms with Gasteiger partial charge in [0.1, 0.15) is 17.7 Å². The van der Waals surface area contributed by atoms with Gasteiger partial charge in [0, 0.05) is 37.5 Å². The summed E-state index contributed by atoms with van der Waals surface area (Å²) in [6, 6.07) is 5.73. The number of rotatable bonds is 7. The van der Waals surface area contributed by atoms with Crippen LogP contribution in [0, 0.1) is 5.82 Å². The van der Waals surface area contributed by atoms with Crippen molar-refractivity contribution in [3.63, 3.8) is 0 Å². The SMILES string of the molecule is CCc1nccn1CCNC(=O)C(c1ccccc1F)N(C)C. The second-order valence-corrected chi connectivity index (χ2v) is 5.57. The molecular weight excluding hydrogens is 295 g/mol. The number of halogens is 1. The minimum atomic E-state index is -0.648. The van der Waals surface area contributed by atoms with Crippen molar-refractivity contribution in [1.82, 2.24) is 19.8 Å². The van der Waals surface area contributed by atoms with Crippen molar-refractivity contribution < 1.29 is 9.18 Å². The number of hydrogen-bond donors (Lipinski definition) is 1. The topological polar surface area (TPSA) is 50.2 Å². The molecule has 1 unspecified atom stereocenters. The maximum Gasteiger partial charge on any atom is 0.242 e. The molecule has 2 aromatic rings. The molecule has 0 aliphatic rings. The average Bonchev–Trinajstić information content (AvgIpc) is 2.96. The summed E-state index contributed by atoms with van der Waals surface area (Å²) in [5.74, 6) is 0.403. The van der Waals surface area contributed by atoms with Crippen LogP contribution < -0.4 is 5.32 Å². The van der Waals surface area contributed by atoms with Crippen LogP contribution in [0.25, 0.3) is 0 Å². The van der Waals surface area contributed by atoms with Crippen LogP contribution in [-0.4, -0.2) is 41.0 Å². The number of carbonyl (C=O) groups is 1. The lowest BCUT2D eigenvalue weighted by Gasteiger charge is -2.24. The zero-order valence-corrected chi connectivity index (χ0v) is 13.8. The largest absolute Gasteiger partial charge is 0.353 e. The highest BCUT2D eigenvalue weighted by molar-refractivity contribution is 5.83. The molecule has 2 rings (SSSR count). The first kappa shape index (κ1) is 17.1. The van der Waals surface area contributed by atoms with Gasteiger partial charge in [-0.05, 0) is 20.2 Å². The predicted molar refractivity (Wildman–Crippen MR) is 87.4 cm³/mol. The molecule has 5 nitrogen and oxygen atoms in total. The quantitative estimate of drug-likeness (QED) is 0.849. The Morgan fingerprint density at radius 3 is 2.78 bits per heavy atom. The minimum absolute atomic E-state index is 0.210. The van der Waals surface area contributed by atoms with Crippen molar-refractivity contribution in [2.45, 2.75) is 25.9 Å². The van der Waals surface area contributed by atoms with Crippen molar-refractivity contribution in [2.24, 2.45) is 0 Å². The summed E-state index contributed by atoms with van der Waals surface area (Å²) in [5.41, 5.74) is 0.381. The highest BCUT2D eigenvalue weighted by Gasteiger charge is 2.25. The lowest BCUT2D eigenvalue weighted by molar-refractivity contribution is -0.125. The predicted octanol–water partition coefficient (Wildman–Crippen LogP) is 2.00. The van der Waals surface area contributed by atoms with Crippen molar-refractivity contribution in [3.8, 4) is 0 Å². The number of carbonyl (C=O) groups excluding carboxylic acids is 1. The summed E-state index contributed by atoms with van der Waals surface area (Å²) in [6.45, 7) is 3.16. The third-order valence-corrected chi connectivity index (χ3v) is 3.73. The van der Waals surface area contributed by atoms with Crippen LogP contribution >= 0.6 is 0 Å². The summed E-state index contributed by atoms with van der Waals surface area (Å²) < 4.78 is 16.0. The van der Waals surface area contributed by atoms with Crippen LogP contribution in [0.5, 0.6) is 0 Å². The van der Waals surface area contributed by atoms with Gasteiger partial charge in [0.25, 0.3) is 0 Å². The Morgan fingerprint density at radius 1 is 1.39 bits per heavy atom. The van der Waals surface area contributed by atoms with Crippen LogP contribution in [0.1, 0.15) is 24.4 Å². The van der Waals surface area contributed by atoms with Crippen molar-refractivity contribution >= 4 is 5.91 Å². The number of aromatic nitrogens is 2. The minimum Gasteiger partial charge on any atom is -0.353 e. The fraction of sp³-hybridized carbons (Fsp3) is 0.412. The van der Waals surface area contributed by atoms with E-state index in [2.05, 4.69) is 10.3 Å². The Morgan fingerprint density at radius 2 is 2.13 bits per heavy atom. The molecule has 1 aromatic carbocycles. The van der Waals surface area contributed by atoms with E-state index in [1.807, 2.05) is 17.7 Å². The van der Waals surface area contributed by atoms with Crippen LogP contribution in [0.3, 0.4) is 0 Å². The molecule has 1 heterocycles. The number of likely N-dealkylation sites (N-methyl/N-ethyl adjacent to an activating group) is 1. The van der Waals surface area contributed by atoms with Gasteiger partial charge in [0.2, 0.25) is 5.91 Å². The van der Waals surface area contributed by atoms with Gasteiger partial charge in [0.05, 0.1) is 0 Å². The van der Waals surface area contributed by atoms with E-state index in [1.54, 1.807) is 43.4 Å². The fourth-order valence-electron chi connectivity index (χ4n) is 2.61. The highest BCUT2D eigenvalue weighted by atomic mass is 19.1. The van der Waals surface area contributed by atoms with Crippen molar-refractivity contribution in [2.75, 3.05) is 20.6 Å². The molecule has 0 saturated heterocycles. The summed E-state index contributed by atoms with van der Waals surface area (Å²) in [6.07, 6.45) is 4.49. The fourth-order valence-corrected chi connectivity index (χ4v) is 2.61. The van der Waals surface area contributed by atoms with Crippen LogP contribution in [0.2, 0.25) is 0 Å².